The van der Waals surface area contributed by atoms with Crippen molar-refractivity contribution in [3.63, 3.8) is 0 Å². The third kappa shape index (κ3) is 178. The van der Waals surface area contributed by atoms with Gasteiger partial charge in [0.25, 0.3) is 0 Å². The quantitative estimate of drug-likeness (QED) is 0.508. The van der Waals surface area contributed by atoms with Gasteiger partial charge in [0.05, 0.1) is 0 Å². The maximum atomic E-state index is 0. The van der Waals surface area contributed by atoms with E-state index < -0.39 is 0 Å². The maximum absolute atomic E-state index is 0. The zero-order chi connectivity index (χ0) is 0. The molecule has 0 aromatic rings. The van der Waals surface area contributed by atoms with Crippen molar-refractivity contribution < 1.29 is 48.4 Å². The van der Waals surface area contributed by atoms with Crippen molar-refractivity contribution in [3.05, 3.63) is 0 Å². The van der Waals surface area contributed by atoms with Gasteiger partial charge in [-0.3, -0.25) is 0 Å². The first-order chi connectivity index (χ1) is 0. The standard InChI is InChI=1S/H3N.5O.Sb.W/h1H3;;;;;;;/q;5*-2;+3;/p+1. The Morgan fingerprint density at radius 1 is 0.500 bits per heavy atom. The third-order valence-electron chi connectivity index (χ3n) is 0. The molecule has 0 bridgehead atoms. The molecule has 56 valence electrons. The van der Waals surface area contributed by atoms with Gasteiger partial charge in [0, 0.05) is 21.1 Å². The Morgan fingerprint density at radius 3 is 0.500 bits per heavy atom. The van der Waals surface area contributed by atoms with Crippen molar-refractivity contribution in [3.8, 4) is 0 Å². The van der Waals surface area contributed by atoms with Gasteiger partial charge >= 0.3 is 24.4 Å². The van der Waals surface area contributed by atoms with E-state index in [1.807, 2.05) is 0 Å². The van der Waals surface area contributed by atoms with Crippen LogP contribution in [0.1, 0.15) is 0 Å². The summed E-state index contributed by atoms with van der Waals surface area (Å²) in [7, 11) is 0. The van der Waals surface area contributed by atoms with E-state index in [4.69, 9.17) is 0 Å². The molecule has 0 saturated heterocycles. The van der Waals surface area contributed by atoms with E-state index in [0.717, 1.165) is 0 Å². The second-order valence-electron chi connectivity index (χ2n) is 0. The topological polar surface area (TPSA) is 179 Å². The van der Waals surface area contributed by atoms with Crippen molar-refractivity contribution in [1.29, 1.82) is 0 Å². The van der Waals surface area contributed by atoms with E-state index in [2.05, 4.69) is 0 Å². The summed E-state index contributed by atoms with van der Waals surface area (Å²) in [5.74, 6) is 0. The summed E-state index contributed by atoms with van der Waals surface area (Å²) in [5.41, 5.74) is 0. The number of quaternary nitrogens is 1. The minimum Gasteiger partial charge on any atom is -2.00 e. The molecule has 0 rings (SSSR count). The zero-order valence-electron chi connectivity index (χ0n) is 3.90. The second kappa shape index (κ2) is 272. The van der Waals surface area contributed by atoms with E-state index >= 15 is 0 Å². The van der Waals surface area contributed by atoms with Gasteiger partial charge in [0.2, 0.25) is 0 Å². The molecule has 0 aromatic carbocycles. The van der Waals surface area contributed by atoms with E-state index in [1.165, 1.54) is 0 Å². The fraction of sp³-hybridized carbons (Fsp3) is 0. The van der Waals surface area contributed by atoms with E-state index in [9.17, 15) is 0 Å². The Balaban J connectivity index is 0. The summed E-state index contributed by atoms with van der Waals surface area (Å²) >= 11 is 0. The summed E-state index contributed by atoms with van der Waals surface area (Å²) in [5, 5.41) is 0. The Labute approximate surface area is 78.9 Å². The van der Waals surface area contributed by atoms with Gasteiger partial charge in [0.15, 0.2) is 0 Å². The predicted octanol–water partition coefficient (Wildman–Crippen LogP) is -0.601. The van der Waals surface area contributed by atoms with Gasteiger partial charge in [-0.2, -0.15) is 0 Å². The average Bonchev–Trinajstić information content (AvgIpc) is 0. The average molecular weight is 404 g/mol. The van der Waals surface area contributed by atoms with E-state index in [-0.39, 0.29) is 79.0 Å². The second-order valence-corrected chi connectivity index (χ2v) is 0. The molecule has 4 N–H and O–H groups in total. The van der Waals surface area contributed by atoms with Crippen LogP contribution in [-0.4, -0.2) is 24.4 Å². The van der Waals surface area contributed by atoms with Crippen LogP contribution in [0.5, 0.6) is 0 Å². The molecule has 0 atom stereocenters. The van der Waals surface area contributed by atoms with Gasteiger partial charge in [-0.25, -0.2) is 0 Å². The molecule has 0 heterocycles. The minimum atomic E-state index is 0. The molecule has 0 spiro atoms. The first-order valence-electron chi connectivity index (χ1n) is 0. The summed E-state index contributed by atoms with van der Waals surface area (Å²) in [6.07, 6.45) is 0. The first-order valence-corrected chi connectivity index (χ1v) is 0. The van der Waals surface area contributed by atoms with Crippen LogP contribution in [0.2, 0.25) is 0 Å². The monoisotopic (exact) mass is 403 g/mol. The SMILES string of the molecule is [NH4+].[O-2].[O-2].[O-2].[O-2].[O-2].[Sb+3].[W]. The molecule has 0 amide bonds. The molecule has 8 heteroatoms. The molecular formula is H4NO5SbW-6. The van der Waals surface area contributed by atoms with Gasteiger partial charge in [-0.1, -0.05) is 0 Å². The van der Waals surface area contributed by atoms with Crippen LogP contribution in [0.4, 0.5) is 0 Å². The van der Waals surface area contributed by atoms with Crippen molar-refractivity contribution >= 4 is 24.4 Å². The number of hydrogen-bond donors (Lipinski definition) is 1. The molecule has 0 unspecified atom stereocenters. The van der Waals surface area contributed by atoms with Crippen LogP contribution in [0.3, 0.4) is 0 Å². The maximum Gasteiger partial charge on any atom is 3.00 e. The Bertz CT molecular complexity index is 12.4. The molecule has 6 nitrogen and oxygen atoms in total. The molecule has 8 heavy (non-hydrogen) atoms. The van der Waals surface area contributed by atoms with Gasteiger partial charge < -0.3 is 33.5 Å². The Kier molecular flexibility index (Phi) is 13400. The van der Waals surface area contributed by atoms with Crippen molar-refractivity contribution in [2.45, 2.75) is 0 Å². The van der Waals surface area contributed by atoms with Gasteiger partial charge in [-0.15, -0.1) is 0 Å². The fourth-order valence-electron chi connectivity index (χ4n) is 0. The molecular weight excluding hydrogens is 400 g/mol. The molecule has 0 aliphatic carbocycles. The van der Waals surface area contributed by atoms with Crippen molar-refractivity contribution in [1.82, 2.24) is 6.15 Å². The minimum absolute atomic E-state index is 0. The zero-order valence-corrected chi connectivity index (χ0v) is 9.38. The van der Waals surface area contributed by atoms with Gasteiger partial charge in [-0.05, 0) is 0 Å². The first kappa shape index (κ1) is 395. The molecule has 0 fully saturated rings. The molecule has 0 aliphatic heterocycles. The molecule has 0 saturated carbocycles. The Morgan fingerprint density at radius 2 is 0.500 bits per heavy atom. The summed E-state index contributed by atoms with van der Waals surface area (Å²) in [6.45, 7) is 0. The van der Waals surface area contributed by atoms with E-state index in [0.29, 0.717) is 0 Å². The van der Waals surface area contributed by atoms with Crippen molar-refractivity contribution in [2.75, 3.05) is 0 Å². The number of rotatable bonds is 0. The van der Waals surface area contributed by atoms with Crippen LogP contribution in [-0.2, 0) is 48.4 Å². The van der Waals surface area contributed by atoms with E-state index in [1.54, 1.807) is 0 Å². The van der Waals surface area contributed by atoms with Crippen LogP contribution in [0, 0.1) is 0 Å². The molecule has 0 aliphatic rings. The van der Waals surface area contributed by atoms with Crippen LogP contribution in [0.15, 0.2) is 0 Å². The van der Waals surface area contributed by atoms with Gasteiger partial charge in [0.1, 0.15) is 0 Å². The van der Waals surface area contributed by atoms with Crippen LogP contribution in [0.25, 0.3) is 0 Å². The summed E-state index contributed by atoms with van der Waals surface area (Å²) in [6, 6.07) is 0. The third-order valence-corrected chi connectivity index (χ3v) is 0. The predicted molar refractivity (Wildman–Crippen MR) is 15.2 cm³/mol. The molecule has 2 radical (unpaired) electrons. The normalized spacial score (nSPS) is 0. The van der Waals surface area contributed by atoms with Crippen LogP contribution >= 0.6 is 0 Å². The largest absolute Gasteiger partial charge is 3.00 e. The summed E-state index contributed by atoms with van der Waals surface area (Å²) < 4.78 is 0. The fourth-order valence-corrected chi connectivity index (χ4v) is 0. The smallest absolute Gasteiger partial charge is 2.00 e. The number of hydrogen-bond acceptors (Lipinski definition) is 0. The summed E-state index contributed by atoms with van der Waals surface area (Å²) in [4.78, 5) is 0. The Hall–Kier alpha value is 1.27. The van der Waals surface area contributed by atoms with Crippen LogP contribution < -0.4 is 6.15 Å². The molecule has 0 aromatic heterocycles. The van der Waals surface area contributed by atoms with Crippen molar-refractivity contribution in [2.24, 2.45) is 0 Å².